The molecule has 30 heavy (non-hydrogen) atoms. The molecule has 1 aromatic heterocycles. The van der Waals surface area contributed by atoms with Crippen molar-refractivity contribution in [2.24, 2.45) is 7.05 Å². The Balaban J connectivity index is 2.11. The smallest absolute Gasteiger partial charge is 0.255 e. The van der Waals surface area contributed by atoms with Crippen LogP contribution in [-0.4, -0.2) is 40.7 Å². The maximum Gasteiger partial charge on any atom is 0.255 e. The van der Waals surface area contributed by atoms with Gasteiger partial charge < -0.3 is 9.80 Å². The van der Waals surface area contributed by atoms with E-state index >= 15 is 0 Å². The van der Waals surface area contributed by atoms with Crippen LogP contribution in [0, 0.1) is 0 Å². The van der Waals surface area contributed by atoms with Crippen LogP contribution in [0.1, 0.15) is 36.2 Å². The number of anilines is 1. The number of halogens is 1. The SMILES string of the molecule is CC[C@H](C)N(Cc1c(-c2ccccc2)nn(C)c1N(C)C)C(=O)c1ccccc1Cl. The number of benzene rings is 2. The molecule has 0 aliphatic carbocycles. The fourth-order valence-electron chi connectivity index (χ4n) is 3.70. The molecule has 1 heterocycles. The maximum absolute atomic E-state index is 13.5. The average molecular weight is 425 g/mol. The van der Waals surface area contributed by atoms with Crippen LogP contribution in [0.2, 0.25) is 5.02 Å². The molecule has 3 rings (SSSR count). The third-order valence-electron chi connectivity index (χ3n) is 5.40. The van der Waals surface area contributed by atoms with Crippen molar-refractivity contribution in [2.75, 3.05) is 19.0 Å². The predicted octanol–water partition coefficient (Wildman–Crippen LogP) is 5.25. The molecule has 1 atom stereocenters. The van der Waals surface area contributed by atoms with Crippen molar-refractivity contribution in [3.05, 3.63) is 70.7 Å². The zero-order chi connectivity index (χ0) is 21.8. The Hall–Kier alpha value is -2.79. The molecule has 0 aliphatic heterocycles. The van der Waals surface area contributed by atoms with E-state index in [1.54, 1.807) is 12.1 Å². The van der Waals surface area contributed by atoms with Crippen LogP contribution < -0.4 is 4.90 Å². The van der Waals surface area contributed by atoms with E-state index in [1.165, 1.54) is 0 Å². The minimum absolute atomic E-state index is 0.0487. The van der Waals surface area contributed by atoms with Gasteiger partial charge in [0.1, 0.15) is 5.82 Å². The largest absolute Gasteiger partial charge is 0.363 e. The predicted molar refractivity (Wildman–Crippen MR) is 124 cm³/mol. The van der Waals surface area contributed by atoms with Gasteiger partial charge in [-0.05, 0) is 25.5 Å². The lowest BCUT2D eigenvalue weighted by molar-refractivity contribution is 0.0672. The number of rotatable bonds is 7. The number of carbonyl (C=O) groups excluding carboxylic acids is 1. The van der Waals surface area contributed by atoms with Crippen LogP contribution in [-0.2, 0) is 13.6 Å². The van der Waals surface area contributed by atoms with Crippen molar-refractivity contribution >= 4 is 23.3 Å². The summed E-state index contributed by atoms with van der Waals surface area (Å²) < 4.78 is 1.88. The molecular formula is C24H29ClN4O. The summed E-state index contributed by atoms with van der Waals surface area (Å²) in [5.41, 5.74) is 3.47. The van der Waals surface area contributed by atoms with Gasteiger partial charge >= 0.3 is 0 Å². The molecule has 6 heteroatoms. The molecule has 0 aliphatic rings. The van der Waals surface area contributed by atoms with E-state index in [9.17, 15) is 4.79 Å². The Morgan fingerprint density at radius 2 is 1.73 bits per heavy atom. The zero-order valence-corrected chi connectivity index (χ0v) is 19.0. The third kappa shape index (κ3) is 4.36. The highest BCUT2D eigenvalue weighted by atomic mass is 35.5. The number of aromatic nitrogens is 2. The van der Waals surface area contributed by atoms with E-state index < -0.39 is 0 Å². The highest BCUT2D eigenvalue weighted by molar-refractivity contribution is 6.33. The first-order chi connectivity index (χ1) is 14.3. The van der Waals surface area contributed by atoms with Crippen molar-refractivity contribution in [2.45, 2.75) is 32.9 Å². The number of nitrogens with zero attached hydrogens (tertiary/aromatic N) is 4. The normalized spacial score (nSPS) is 11.9. The summed E-state index contributed by atoms with van der Waals surface area (Å²) in [5, 5.41) is 5.27. The quantitative estimate of drug-likeness (QED) is 0.520. The van der Waals surface area contributed by atoms with E-state index in [1.807, 2.05) is 66.0 Å². The molecule has 0 radical (unpaired) electrons. The van der Waals surface area contributed by atoms with E-state index in [0.717, 1.165) is 29.1 Å². The van der Waals surface area contributed by atoms with Crippen LogP contribution in [0.4, 0.5) is 5.82 Å². The van der Waals surface area contributed by atoms with Gasteiger partial charge in [0.05, 0.1) is 22.8 Å². The molecule has 2 aromatic carbocycles. The molecule has 0 saturated carbocycles. The summed E-state index contributed by atoms with van der Waals surface area (Å²) in [7, 11) is 5.94. The molecule has 0 spiro atoms. The Labute approximate surface area is 183 Å². The molecule has 0 fully saturated rings. The van der Waals surface area contributed by atoms with Crippen LogP contribution in [0.3, 0.4) is 0 Å². The van der Waals surface area contributed by atoms with Gasteiger partial charge in [0.25, 0.3) is 5.91 Å². The first-order valence-corrected chi connectivity index (χ1v) is 10.6. The number of carbonyl (C=O) groups is 1. The van der Waals surface area contributed by atoms with Crippen molar-refractivity contribution < 1.29 is 4.79 Å². The maximum atomic E-state index is 13.5. The molecule has 3 aromatic rings. The Morgan fingerprint density at radius 3 is 2.33 bits per heavy atom. The van der Waals surface area contributed by atoms with Gasteiger partial charge in [-0.15, -0.1) is 0 Å². The monoisotopic (exact) mass is 424 g/mol. The number of aryl methyl sites for hydroxylation is 1. The molecule has 0 N–H and O–H groups in total. The minimum Gasteiger partial charge on any atom is -0.363 e. The second-order valence-corrected chi connectivity index (χ2v) is 8.11. The van der Waals surface area contributed by atoms with E-state index in [-0.39, 0.29) is 11.9 Å². The van der Waals surface area contributed by atoms with Crippen molar-refractivity contribution in [3.63, 3.8) is 0 Å². The van der Waals surface area contributed by atoms with E-state index in [4.69, 9.17) is 16.7 Å². The van der Waals surface area contributed by atoms with Gasteiger partial charge in [-0.1, -0.05) is 61.0 Å². The summed E-state index contributed by atoms with van der Waals surface area (Å²) in [6.45, 7) is 4.61. The number of hydrogen-bond acceptors (Lipinski definition) is 3. The van der Waals surface area contributed by atoms with Gasteiger partial charge in [0.15, 0.2) is 0 Å². The van der Waals surface area contributed by atoms with Gasteiger partial charge in [0, 0.05) is 38.3 Å². The lowest BCUT2D eigenvalue weighted by Crippen LogP contribution is -2.38. The van der Waals surface area contributed by atoms with E-state index in [0.29, 0.717) is 17.1 Å². The fraction of sp³-hybridized carbons (Fsp3) is 0.333. The van der Waals surface area contributed by atoms with Crippen molar-refractivity contribution in [1.82, 2.24) is 14.7 Å². The summed E-state index contributed by atoms with van der Waals surface area (Å²) >= 11 is 6.35. The van der Waals surface area contributed by atoms with Crippen molar-refractivity contribution in [1.29, 1.82) is 0 Å². The number of amides is 1. The Morgan fingerprint density at radius 1 is 1.10 bits per heavy atom. The summed E-state index contributed by atoms with van der Waals surface area (Å²) in [6.07, 6.45) is 0.842. The van der Waals surface area contributed by atoms with Crippen LogP contribution >= 0.6 is 11.6 Å². The second kappa shape index (κ2) is 9.35. The Kier molecular flexibility index (Phi) is 6.83. The van der Waals surface area contributed by atoms with Gasteiger partial charge in [-0.2, -0.15) is 5.10 Å². The topological polar surface area (TPSA) is 41.4 Å². The first-order valence-electron chi connectivity index (χ1n) is 10.2. The summed E-state index contributed by atoms with van der Waals surface area (Å²) in [6, 6.07) is 17.4. The Bertz CT molecular complexity index is 1010. The number of hydrogen-bond donors (Lipinski definition) is 0. The van der Waals surface area contributed by atoms with Crippen LogP contribution in [0.5, 0.6) is 0 Å². The molecular weight excluding hydrogens is 396 g/mol. The molecule has 5 nitrogen and oxygen atoms in total. The standard InChI is InChI=1S/C24H29ClN4O/c1-6-17(2)29(24(30)19-14-10-11-15-21(19)25)16-20-22(18-12-8-7-9-13-18)26-28(5)23(20)27(3)4/h7-15,17H,6,16H2,1-5H3/t17-/m0/s1. The minimum atomic E-state index is -0.0671. The fourth-order valence-corrected chi connectivity index (χ4v) is 3.92. The van der Waals surface area contributed by atoms with Crippen molar-refractivity contribution in [3.8, 4) is 11.3 Å². The second-order valence-electron chi connectivity index (χ2n) is 7.70. The average Bonchev–Trinajstić information content (AvgIpc) is 3.08. The first kappa shape index (κ1) is 21.9. The lowest BCUT2D eigenvalue weighted by Gasteiger charge is -2.30. The highest BCUT2D eigenvalue weighted by Gasteiger charge is 2.27. The third-order valence-corrected chi connectivity index (χ3v) is 5.73. The van der Waals surface area contributed by atoms with E-state index in [2.05, 4.69) is 26.0 Å². The van der Waals surface area contributed by atoms with Crippen LogP contribution in [0.15, 0.2) is 54.6 Å². The molecule has 0 saturated heterocycles. The molecule has 158 valence electrons. The van der Waals surface area contributed by atoms with Gasteiger partial charge in [0.2, 0.25) is 0 Å². The summed E-state index contributed by atoms with van der Waals surface area (Å²) in [5.74, 6) is 0.914. The molecule has 0 unspecified atom stereocenters. The highest BCUT2D eigenvalue weighted by Crippen LogP contribution is 2.32. The van der Waals surface area contributed by atoms with Gasteiger partial charge in [-0.25, -0.2) is 0 Å². The van der Waals surface area contributed by atoms with Gasteiger partial charge in [-0.3, -0.25) is 9.48 Å². The zero-order valence-electron chi connectivity index (χ0n) is 18.3. The van der Waals surface area contributed by atoms with Crippen LogP contribution in [0.25, 0.3) is 11.3 Å². The molecule has 0 bridgehead atoms. The molecule has 1 amide bonds. The lowest BCUT2D eigenvalue weighted by atomic mass is 10.0. The summed E-state index contributed by atoms with van der Waals surface area (Å²) in [4.78, 5) is 17.5.